The number of nitrogens with zero attached hydrogens (tertiary/aromatic N) is 2. The second kappa shape index (κ2) is 11.7. The van der Waals surface area contributed by atoms with Gasteiger partial charge >= 0.3 is 5.97 Å². The molecule has 3 aromatic rings. The molecule has 0 bridgehead atoms. The Morgan fingerprint density at radius 3 is 2.00 bits per heavy atom. The summed E-state index contributed by atoms with van der Waals surface area (Å²) in [6.45, 7) is 5.45. The molecule has 0 aliphatic carbocycles. The Kier molecular flexibility index (Phi) is 8.45. The summed E-state index contributed by atoms with van der Waals surface area (Å²) in [5.41, 5.74) is 3.41. The highest BCUT2D eigenvalue weighted by atomic mass is 16.5. The molecule has 3 rings (SSSR count). The molecule has 0 radical (unpaired) electrons. The highest BCUT2D eigenvalue weighted by Gasteiger charge is 2.15. The maximum atomic E-state index is 12.2. The van der Waals surface area contributed by atoms with E-state index in [1.165, 1.54) is 0 Å². The van der Waals surface area contributed by atoms with Crippen molar-refractivity contribution >= 4 is 34.8 Å². The van der Waals surface area contributed by atoms with Crippen molar-refractivity contribution in [1.82, 2.24) is 5.32 Å². The van der Waals surface area contributed by atoms with Gasteiger partial charge in [-0.1, -0.05) is 51.1 Å². The van der Waals surface area contributed by atoms with Gasteiger partial charge < -0.3 is 15.4 Å². The molecule has 0 saturated carbocycles. The summed E-state index contributed by atoms with van der Waals surface area (Å²) in [4.78, 5) is 36.2. The van der Waals surface area contributed by atoms with Crippen molar-refractivity contribution in [2.24, 2.45) is 10.2 Å². The number of esters is 1. The van der Waals surface area contributed by atoms with E-state index in [1.54, 1.807) is 36.4 Å². The lowest BCUT2D eigenvalue weighted by Crippen LogP contribution is -2.32. The van der Waals surface area contributed by atoms with Crippen molar-refractivity contribution in [3.8, 4) is 0 Å². The van der Waals surface area contributed by atoms with Crippen LogP contribution in [0.2, 0.25) is 0 Å². The number of hydrogen-bond donors (Lipinski definition) is 2. The van der Waals surface area contributed by atoms with Crippen LogP contribution >= 0.6 is 0 Å². The number of benzene rings is 3. The van der Waals surface area contributed by atoms with Crippen molar-refractivity contribution in [2.75, 3.05) is 18.5 Å². The Hall–Kier alpha value is -4.33. The molecule has 0 atom stereocenters. The van der Waals surface area contributed by atoms with Gasteiger partial charge in [-0.2, -0.15) is 10.2 Å². The Bertz CT molecular complexity index is 1180. The summed E-state index contributed by atoms with van der Waals surface area (Å²) >= 11 is 0. The van der Waals surface area contributed by atoms with Crippen LogP contribution in [-0.2, 0) is 19.7 Å². The van der Waals surface area contributed by atoms with E-state index in [0.29, 0.717) is 16.9 Å². The number of carbonyl (C=O) groups is 3. The molecule has 0 heterocycles. The largest absolute Gasteiger partial charge is 0.454 e. The Balaban J connectivity index is 1.39. The van der Waals surface area contributed by atoms with Crippen LogP contribution in [0.25, 0.3) is 0 Å². The van der Waals surface area contributed by atoms with Crippen LogP contribution in [0, 0.1) is 0 Å². The molecular formula is C27H28N4O4. The van der Waals surface area contributed by atoms with Crippen molar-refractivity contribution in [2.45, 2.75) is 26.2 Å². The molecule has 35 heavy (non-hydrogen) atoms. The van der Waals surface area contributed by atoms with Crippen LogP contribution < -0.4 is 10.6 Å². The second-order valence-electron chi connectivity index (χ2n) is 8.80. The third-order valence-electron chi connectivity index (χ3n) is 4.96. The fourth-order valence-corrected chi connectivity index (χ4v) is 2.99. The zero-order valence-electron chi connectivity index (χ0n) is 19.9. The molecule has 8 heteroatoms. The lowest BCUT2D eigenvalue weighted by molar-refractivity contribution is -0.146. The molecule has 8 nitrogen and oxygen atoms in total. The molecule has 180 valence electrons. The molecule has 0 spiro atoms. The highest BCUT2D eigenvalue weighted by Crippen LogP contribution is 2.22. The average Bonchev–Trinajstić information content (AvgIpc) is 2.86. The van der Waals surface area contributed by atoms with E-state index in [9.17, 15) is 14.4 Å². The fourth-order valence-electron chi connectivity index (χ4n) is 2.99. The molecule has 2 amide bonds. The first-order valence-corrected chi connectivity index (χ1v) is 11.1. The number of rotatable bonds is 8. The normalized spacial score (nSPS) is 11.2. The number of ether oxygens (including phenoxy) is 1. The molecule has 0 aliphatic rings. The predicted octanol–water partition coefficient (Wildman–Crippen LogP) is 5.31. The number of anilines is 1. The van der Waals surface area contributed by atoms with Gasteiger partial charge in [0.15, 0.2) is 6.61 Å². The standard InChI is InChI=1S/C27H28N4O4/c1-27(2,3)20-11-9-19(10-12-20)26(34)28-17-25(33)35-18-24(32)29-21-13-15-23(16-14-21)31-30-22-7-5-4-6-8-22/h4-16H,17-18H2,1-3H3,(H,28,34)(H,29,32). The van der Waals surface area contributed by atoms with E-state index in [0.717, 1.165) is 11.3 Å². The smallest absolute Gasteiger partial charge is 0.325 e. The predicted molar refractivity (Wildman–Crippen MR) is 134 cm³/mol. The lowest BCUT2D eigenvalue weighted by Gasteiger charge is -2.19. The molecule has 3 aromatic carbocycles. The van der Waals surface area contributed by atoms with E-state index in [2.05, 4.69) is 41.6 Å². The number of nitrogens with one attached hydrogen (secondary N) is 2. The zero-order chi connectivity index (χ0) is 25.3. The van der Waals surface area contributed by atoms with Crippen LogP contribution in [0.3, 0.4) is 0 Å². The second-order valence-corrected chi connectivity index (χ2v) is 8.80. The van der Waals surface area contributed by atoms with Gasteiger partial charge in [-0.15, -0.1) is 0 Å². The van der Waals surface area contributed by atoms with Crippen molar-refractivity contribution in [3.63, 3.8) is 0 Å². The zero-order valence-corrected chi connectivity index (χ0v) is 19.9. The van der Waals surface area contributed by atoms with Crippen molar-refractivity contribution < 1.29 is 19.1 Å². The highest BCUT2D eigenvalue weighted by molar-refractivity contribution is 5.96. The van der Waals surface area contributed by atoms with Gasteiger partial charge in [-0.3, -0.25) is 14.4 Å². The fraction of sp³-hybridized carbons (Fsp3) is 0.222. The van der Waals surface area contributed by atoms with E-state index in [-0.39, 0.29) is 12.0 Å². The van der Waals surface area contributed by atoms with Crippen LogP contribution in [-0.4, -0.2) is 30.9 Å². The summed E-state index contributed by atoms with van der Waals surface area (Å²) in [7, 11) is 0. The monoisotopic (exact) mass is 472 g/mol. The maximum Gasteiger partial charge on any atom is 0.325 e. The molecule has 0 saturated heterocycles. The van der Waals surface area contributed by atoms with E-state index in [4.69, 9.17) is 4.74 Å². The van der Waals surface area contributed by atoms with Crippen LogP contribution in [0.15, 0.2) is 89.1 Å². The van der Waals surface area contributed by atoms with Gasteiger partial charge in [-0.05, 0) is 59.5 Å². The summed E-state index contributed by atoms with van der Waals surface area (Å²) < 4.78 is 4.94. The number of hydrogen-bond acceptors (Lipinski definition) is 6. The third-order valence-corrected chi connectivity index (χ3v) is 4.96. The third kappa shape index (κ3) is 8.19. The molecule has 0 aliphatic heterocycles. The minimum absolute atomic E-state index is 0.0189. The Labute approximate surface area is 204 Å². The van der Waals surface area contributed by atoms with E-state index < -0.39 is 24.4 Å². The summed E-state index contributed by atoms with van der Waals surface area (Å²) in [5, 5.41) is 13.4. The lowest BCUT2D eigenvalue weighted by atomic mass is 9.87. The first kappa shape index (κ1) is 25.3. The van der Waals surface area contributed by atoms with Crippen LogP contribution in [0.4, 0.5) is 17.1 Å². The Morgan fingerprint density at radius 2 is 1.40 bits per heavy atom. The van der Waals surface area contributed by atoms with Crippen LogP contribution in [0.1, 0.15) is 36.7 Å². The topological polar surface area (TPSA) is 109 Å². The average molecular weight is 473 g/mol. The minimum Gasteiger partial charge on any atom is -0.454 e. The van der Waals surface area contributed by atoms with E-state index in [1.807, 2.05) is 42.5 Å². The number of azo groups is 1. The first-order chi connectivity index (χ1) is 16.7. The van der Waals surface area contributed by atoms with Gasteiger partial charge in [0.25, 0.3) is 11.8 Å². The SMILES string of the molecule is CC(C)(C)c1ccc(C(=O)NCC(=O)OCC(=O)Nc2ccc(N=Nc3ccccc3)cc2)cc1. The van der Waals surface area contributed by atoms with Gasteiger partial charge in [0, 0.05) is 11.3 Å². The first-order valence-electron chi connectivity index (χ1n) is 11.1. The van der Waals surface area contributed by atoms with Gasteiger partial charge in [-0.25, -0.2) is 0 Å². The van der Waals surface area contributed by atoms with Crippen molar-refractivity contribution in [3.05, 3.63) is 90.0 Å². The molecule has 0 aromatic heterocycles. The minimum atomic E-state index is -0.712. The van der Waals surface area contributed by atoms with Gasteiger partial charge in [0.2, 0.25) is 0 Å². The van der Waals surface area contributed by atoms with Gasteiger partial charge in [0.05, 0.1) is 11.4 Å². The Morgan fingerprint density at radius 1 is 0.800 bits per heavy atom. The number of amides is 2. The van der Waals surface area contributed by atoms with Gasteiger partial charge in [0.1, 0.15) is 6.54 Å². The maximum absolute atomic E-state index is 12.2. The van der Waals surface area contributed by atoms with Crippen LogP contribution in [0.5, 0.6) is 0 Å². The summed E-state index contributed by atoms with van der Waals surface area (Å²) in [6.07, 6.45) is 0. The molecular weight excluding hydrogens is 444 g/mol. The summed E-state index contributed by atoms with van der Waals surface area (Å²) in [6, 6.07) is 23.3. The molecule has 0 unspecified atom stereocenters. The van der Waals surface area contributed by atoms with E-state index >= 15 is 0 Å². The molecule has 0 fully saturated rings. The number of carbonyl (C=O) groups excluding carboxylic acids is 3. The summed E-state index contributed by atoms with van der Waals surface area (Å²) in [5.74, 6) is -1.60. The van der Waals surface area contributed by atoms with Crippen molar-refractivity contribution in [1.29, 1.82) is 0 Å². The molecule has 2 N–H and O–H groups in total. The quantitative estimate of drug-likeness (QED) is 0.342.